The van der Waals surface area contributed by atoms with E-state index in [1.807, 2.05) is 45.0 Å². The summed E-state index contributed by atoms with van der Waals surface area (Å²) in [5.41, 5.74) is 2.95. The monoisotopic (exact) mass is 482 g/mol. The van der Waals surface area contributed by atoms with Crippen molar-refractivity contribution in [3.8, 4) is 0 Å². The highest BCUT2D eigenvalue weighted by Crippen LogP contribution is 2.28. The van der Waals surface area contributed by atoms with Gasteiger partial charge in [-0.15, -0.1) is 0 Å². The number of urea groups is 1. The third-order valence-corrected chi connectivity index (χ3v) is 5.47. The van der Waals surface area contributed by atoms with Gasteiger partial charge in [0, 0.05) is 42.0 Å². The van der Waals surface area contributed by atoms with Gasteiger partial charge in [0.2, 0.25) is 11.8 Å². The Morgan fingerprint density at radius 2 is 1.71 bits per heavy atom. The first-order valence-electron chi connectivity index (χ1n) is 11.8. The average Bonchev–Trinajstić information content (AvgIpc) is 3.16. The summed E-state index contributed by atoms with van der Waals surface area (Å²) >= 11 is 0. The fourth-order valence-corrected chi connectivity index (χ4v) is 3.78. The number of aryl methyl sites for hydroxylation is 1. The van der Waals surface area contributed by atoms with E-state index in [0.29, 0.717) is 24.3 Å². The Labute approximate surface area is 205 Å². The van der Waals surface area contributed by atoms with Crippen LogP contribution in [0.4, 0.5) is 21.9 Å². The van der Waals surface area contributed by atoms with Gasteiger partial charge in [0.25, 0.3) is 0 Å². The molecular weight excluding hydrogens is 448 g/mol. The summed E-state index contributed by atoms with van der Waals surface area (Å²) in [6.07, 6.45) is 0.399. The maximum Gasteiger partial charge on any atom is 0.323 e. The molecule has 3 rings (SSSR count). The SMILES string of the molecule is CC.Cc1ccccc1NC(=O)Nc1ccc(N2CC[C@@H](CC(=O)N[C@H](C)CC(=O)O)C2=O)cc1. The van der Waals surface area contributed by atoms with Crippen molar-refractivity contribution in [3.63, 3.8) is 0 Å². The quantitative estimate of drug-likeness (QED) is 0.444. The lowest BCUT2D eigenvalue weighted by atomic mass is 10.0. The number of para-hydroxylation sites is 1. The highest BCUT2D eigenvalue weighted by molar-refractivity contribution is 6.01. The Hall–Kier alpha value is -3.88. The summed E-state index contributed by atoms with van der Waals surface area (Å²) in [5, 5.41) is 17.0. The zero-order valence-electron chi connectivity index (χ0n) is 20.6. The number of hydrogen-bond acceptors (Lipinski definition) is 4. The molecule has 1 heterocycles. The molecule has 0 radical (unpaired) electrons. The maximum absolute atomic E-state index is 12.8. The van der Waals surface area contributed by atoms with Gasteiger partial charge in [-0.25, -0.2) is 4.79 Å². The van der Waals surface area contributed by atoms with Crippen LogP contribution in [-0.4, -0.2) is 41.5 Å². The summed E-state index contributed by atoms with van der Waals surface area (Å²) in [5.74, 6) is -1.91. The highest BCUT2D eigenvalue weighted by atomic mass is 16.4. The van der Waals surface area contributed by atoms with Crippen LogP contribution in [0.25, 0.3) is 0 Å². The van der Waals surface area contributed by atoms with Crippen LogP contribution in [0, 0.1) is 12.8 Å². The number of anilines is 3. The van der Waals surface area contributed by atoms with Crippen molar-refractivity contribution in [1.82, 2.24) is 5.32 Å². The largest absolute Gasteiger partial charge is 0.481 e. The molecule has 1 fully saturated rings. The van der Waals surface area contributed by atoms with Gasteiger partial charge in [0.1, 0.15) is 0 Å². The molecule has 0 saturated carbocycles. The molecule has 4 amide bonds. The highest BCUT2D eigenvalue weighted by Gasteiger charge is 2.34. The molecule has 9 nitrogen and oxygen atoms in total. The number of nitrogens with zero attached hydrogens (tertiary/aromatic N) is 1. The molecule has 35 heavy (non-hydrogen) atoms. The first-order valence-corrected chi connectivity index (χ1v) is 11.8. The topological polar surface area (TPSA) is 128 Å². The van der Waals surface area contributed by atoms with E-state index in [0.717, 1.165) is 11.3 Å². The standard InChI is InChI=1S/C24H28N4O5.C2H6/c1-15-5-3-4-6-20(15)27-24(33)26-18-7-9-19(10-8-18)28-12-11-17(23(28)32)14-21(29)25-16(2)13-22(30)31;1-2/h3-10,16-17H,11-14H2,1-2H3,(H,25,29)(H,30,31)(H2,26,27,33);1-2H3/t16-,17+;/m1./s1. The molecule has 1 aliphatic rings. The molecule has 1 aliphatic heterocycles. The number of carboxylic acid groups (broad SMARTS) is 1. The van der Waals surface area contributed by atoms with E-state index < -0.39 is 17.9 Å². The van der Waals surface area contributed by atoms with Crippen molar-refractivity contribution >= 4 is 40.9 Å². The average molecular weight is 483 g/mol. The maximum atomic E-state index is 12.8. The second-order valence-corrected chi connectivity index (χ2v) is 8.19. The number of benzene rings is 2. The number of nitrogens with one attached hydrogen (secondary N) is 3. The van der Waals surface area contributed by atoms with Crippen LogP contribution >= 0.6 is 0 Å². The molecular formula is C26H34N4O5. The van der Waals surface area contributed by atoms with Crippen molar-refractivity contribution < 1.29 is 24.3 Å². The Morgan fingerprint density at radius 1 is 1.06 bits per heavy atom. The fraction of sp³-hybridized carbons (Fsp3) is 0.385. The Bertz CT molecular complexity index is 1040. The lowest BCUT2D eigenvalue weighted by Crippen LogP contribution is -2.36. The number of amides is 4. The van der Waals surface area contributed by atoms with E-state index in [1.165, 1.54) is 0 Å². The molecule has 0 aromatic heterocycles. The van der Waals surface area contributed by atoms with Gasteiger partial charge in [-0.05, 0) is 56.2 Å². The van der Waals surface area contributed by atoms with E-state index >= 15 is 0 Å². The van der Waals surface area contributed by atoms with Crippen LogP contribution in [0.5, 0.6) is 0 Å². The molecule has 0 bridgehead atoms. The van der Waals surface area contributed by atoms with Crippen LogP contribution < -0.4 is 20.9 Å². The zero-order valence-corrected chi connectivity index (χ0v) is 20.6. The summed E-state index contributed by atoms with van der Waals surface area (Å²) in [6.45, 7) is 8.01. The first kappa shape index (κ1) is 27.4. The van der Waals surface area contributed by atoms with Gasteiger partial charge in [-0.1, -0.05) is 32.0 Å². The Balaban J connectivity index is 0.00000210. The minimum absolute atomic E-state index is 0.0258. The normalized spacial score (nSPS) is 15.5. The molecule has 0 unspecified atom stereocenters. The molecule has 0 aliphatic carbocycles. The van der Waals surface area contributed by atoms with Crippen LogP contribution in [0.1, 0.15) is 45.6 Å². The van der Waals surface area contributed by atoms with Crippen molar-refractivity contribution in [2.75, 3.05) is 22.1 Å². The van der Waals surface area contributed by atoms with Crippen LogP contribution in [0.3, 0.4) is 0 Å². The number of aliphatic carboxylic acids is 1. The van der Waals surface area contributed by atoms with Gasteiger partial charge in [-0.2, -0.15) is 0 Å². The zero-order chi connectivity index (χ0) is 26.0. The minimum atomic E-state index is -0.989. The van der Waals surface area contributed by atoms with Gasteiger partial charge < -0.3 is 26.0 Å². The summed E-state index contributed by atoms with van der Waals surface area (Å²) in [4.78, 5) is 49.5. The first-order chi connectivity index (χ1) is 16.7. The Kier molecular flexibility index (Phi) is 10.3. The minimum Gasteiger partial charge on any atom is -0.481 e. The third-order valence-electron chi connectivity index (χ3n) is 5.47. The lowest BCUT2D eigenvalue weighted by molar-refractivity contribution is -0.137. The molecule has 0 spiro atoms. The lowest BCUT2D eigenvalue weighted by Gasteiger charge is -2.18. The van der Waals surface area contributed by atoms with E-state index in [-0.39, 0.29) is 30.7 Å². The molecule has 4 N–H and O–H groups in total. The van der Waals surface area contributed by atoms with Crippen molar-refractivity contribution in [1.29, 1.82) is 0 Å². The summed E-state index contributed by atoms with van der Waals surface area (Å²) in [6, 6.07) is 13.5. The number of rotatable bonds is 8. The van der Waals surface area contributed by atoms with Gasteiger partial charge in [0.05, 0.1) is 6.42 Å². The van der Waals surface area contributed by atoms with E-state index in [1.54, 1.807) is 36.1 Å². The van der Waals surface area contributed by atoms with Crippen LogP contribution in [0.15, 0.2) is 48.5 Å². The molecule has 9 heteroatoms. The summed E-state index contributed by atoms with van der Waals surface area (Å²) < 4.78 is 0. The van der Waals surface area contributed by atoms with Crippen molar-refractivity contribution in [2.24, 2.45) is 5.92 Å². The predicted molar refractivity (Wildman–Crippen MR) is 137 cm³/mol. The van der Waals surface area contributed by atoms with Crippen LogP contribution in [0.2, 0.25) is 0 Å². The van der Waals surface area contributed by atoms with E-state index in [4.69, 9.17) is 5.11 Å². The molecule has 2 atom stereocenters. The van der Waals surface area contributed by atoms with Crippen LogP contribution in [-0.2, 0) is 14.4 Å². The van der Waals surface area contributed by atoms with Crippen molar-refractivity contribution in [2.45, 2.75) is 53.0 Å². The predicted octanol–water partition coefficient (Wildman–Crippen LogP) is 4.39. The number of carbonyl (C=O) groups is 4. The molecule has 1 saturated heterocycles. The molecule has 188 valence electrons. The van der Waals surface area contributed by atoms with E-state index in [9.17, 15) is 19.2 Å². The molecule has 2 aromatic rings. The second kappa shape index (κ2) is 13.1. The van der Waals surface area contributed by atoms with Crippen molar-refractivity contribution in [3.05, 3.63) is 54.1 Å². The Morgan fingerprint density at radius 3 is 2.34 bits per heavy atom. The number of carboxylic acids is 1. The summed E-state index contributed by atoms with van der Waals surface area (Å²) in [7, 11) is 0. The fourth-order valence-electron chi connectivity index (χ4n) is 3.78. The second-order valence-electron chi connectivity index (χ2n) is 8.19. The smallest absolute Gasteiger partial charge is 0.323 e. The van der Waals surface area contributed by atoms with Gasteiger partial charge in [-0.3, -0.25) is 14.4 Å². The third kappa shape index (κ3) is 8.13. The van der Waals surface area contributed by atoms with Gasteiger partial charge in [0.15, 0.2) is 0 Å². The van der Waals surface area contributed by atoms with Gasteiger partial charge >= 0.3 is 12.0 Å². The molecule has 2 aromatic carbocycles. The van der Waals surface area contributed by atoms with E-state index in [2.05, 4.69) is 16.0 Å². The number of carbonyl (C=O) groups excluding carboxylic acids is 3. The number of hydrogen-bond donors (Lipinski definition) is 4.